The van der Waals surface area contributed by atoms with Crippen LogP contribution >= 0.6 is 0 Å². The van der Waals surface area contributed by atoms with E-state index in [0.29, 0.717) is 17.0 Å². The second kappa shape index (κ2) is 5.25. The Labute approximate surface area is 141 Å². The van der Waals surface area contributed by atoms with Crippen molar-refractivity contribution in [2.45, 2.75) is 10.9 Å². The van der Waals surface area contributed by atoms with Gasteiger partial charge in [-0.2, -0.15) is 21.6 Å². The number of likely N-dealkylation sites (N-methyl/N-ethyl adjacent to an activating group) is 1. The molecular weight excluding hydrogens is 361 g/mol. The van der Waals surface area contributed by atoms with Crippen molar-refractivity contribution in [2.24, 2.45) is 0 Å². The van der Waals surface area contributed by atoms with Gasteiger partial charge < -0.3 is 9.64 Å². The molecule has 1 aromatic rings. The van der Waals surface area contributed by atoms with Gasteiger partial charge in [-0.05, 0) is 23.8 Å². The molecule has 0 radical (unpaired) electrons. The molecule has 134 valence electrons. The van der Waals surface area contributed by atoms with Gasteiger partial charge in [0.25, 0.3) is 0 Å². The predicted molar refractivity (Wildman–Crippen MR) is 83.2 cm³/mol. The Balaban J connectivity index is 2.06. The molecular formula is C15H13F3N2O4S. The molecule has 0 aliphatic carbocycles. The summed E-state index contributed by atoms with van der Waals surface area (Å²) in [5.41, 5.74) is -5.73. The van der Waals surface area contributed by atoms with Gasteiger partial charge in [-0.3, -0.25) is 4.79 Å². The van der Waals surface area contributed by atoms with Crippen LogP contribution in [0.1, 0.15) is 5.56 Å². The van der Waals surface area contributed by atoms with Gasteiger partial charge in [-0.1, -0.05) is 6.07 Å². The maximum Gasteiger partial charge on any atom is 0.517 e. The highest BCUT2D eigenvalue weighted by atomic mass is 32.2. The van der Waals surface area contributed by atoms with Crippen LogP contribution in [0.25, 0.3) is 0 Å². The lowest BCUT2D eigenvalue weighted by atomic mass is 9.80. The summed E-state index contributed by atoms with van der Waals surface area (Å²) in [6.07, 6.45) is 3.78. The molecule has 25 heavy (non-hydrogen) atoms. The van der Waals surface area contributed by atoms with Gasteiger partial charge in [-0.25, -0.2) is 4.31 Å². The van der Waals surface area contributed by atoms with E-state index in [-0.39, 0.29) is 4.31 Å². The van der Waals surface area contributed by atoms with Gasteiger partial charge >= 0.3 is 15.5 Å². The molecule has 10 heteroatoms. The van der Waals surface area contributed by atoms with Crippen LogP contribution in [0.3, 0.4) is 0 Å². The van der Waals surface area contributed by atoms with E-state index in [1.165, 1.54) is 19.1 Å². The number of carbonyl (C=O) groups is 1. The van der Waals surface area contributed by atoms with Crippen LogP contribution in [0.4, 0.5) is 18.9 Å². The zero-order valence-corrected chi connectivity index (χ0v) is 13.9. The molecule has 6 nitrogen and oxygen atoms in total. The molecule has 0 bridgehead atoms. The summed E-state index contributed by atoms with van der Waals surface area (Å²) < 4.78 is 66.1. The minimum atomic E-state index is -5.55. The van der Waals surface area contributed by atoms with E-state index in [1.807, 2.05) is 0 Å². The Hall–Kier alpha value is -2.49. The van der Waals surface area contributed by atoms with E-state index in [0.717, 1.165) is 24.6 Å². The summed E-state index contributed by atoms with van der Waals surface area (Å²) >= 11 is 0. The summed E-state index contributed by atoms with van der Waals surface area (Å²) in [6.45, 7) is 0. The van der Waals surface area contributed by atoms with Crippen molar-refractivity contribution >= 4 is 21.6 Å². The lowest BCUT2D eigenvalue weighted by Crippen LogP contribution is -2.40. The maximum atomic E-state index is 12.7. The minimum Gasteiger partial charge on any atom is -0.497 e. The average molecular weight is 374 g/mol. The van der Waals surface area contributed by atoms with Crippen molar-refractivity contribution in [3.8, 4) is 5.75 Å². The van der Waals surface area contributed by atoms with E-state index in [4.69, 9.17) is 4.74 Å². The first-order valence-corrected chi connectivity index (χ1v) is 8.44. The third-order valence-electron chi connectivity index (χ3n) is 4.21. The molecule has 0 aromatic heterocycles. The largest absolute Gasteiger partial charge is 0.517 e. The molecule has 2 aliphatic rings. The number of hydrogen-bond donors (Lipinski definition) is 0. The third-order valence-corrected chi connectivity index (χ3v) is 5.59. The van der Waals surface area contributed by atoms with Gasteiger partial charge in [0, 0.05) is 25.5 Å². The van der Waals surface area contributed by atoms with Crippen molar-refractivity contribution in [1.29, 1.82) is 0 Å². The first-order chi connectivity index (χ1) is 11.5. The highest BCUT2D eigenvalue weighted by Crippen LogP contribution is 2.46. The summed E-state index contributed by atoms with van der Waals surface area (Å²) in [6, 6.07) is 4.87. The first-order valence-electron chi connectivity index (χ1n) is 7.00. The Morgan fingerprint density at radius 2 is 1.76 bits per heavy atom. The van der Waals surface area contributed by atoms with Crippen LogP contribution in [0.5, 0.6) is 5.75 Å². The van der Waals surface area contributed by atoms with Crippen LogP contribution in [-0.4, -0.2) is 38.3 Å². The Kier molecular flexibility index (Phi) is 3.64. The van der Waals surface area contributed by atoms with Crippen molar-refractivity contribution in [3.63, 3.8) is 0 Å². The zero-order chi connectivity index (χ0) is 18.6. The number of amides is 1. The predicted octanol–water partition coefficient (Wildman–Crippen LogP) is 2.10. The van der Waals surface area contributed by atoms with Gasteiger partial charge in [-0.15, -0.1) is 0 Å². The average Bonchev–Trinajstić information content (AvgIpc) is 2.76. The number of halogens is 3. The standard InChI is InChI=1S/C15H13F3N2O4S/c1-19-12-9-10(24-2)3-4-11(12)14(13(19)21)5-7-20(8-6-14)25(22,23)15(16,17)18/h3-9H,1-2H3. The lowest BCUT2D eigenvalue weighted by Gasteiger charge is -2.28. The molecule has 1 amide bonds. The van der Waals surface area contributed by atoms with Gasteiger partial charge in [0.15, 0.2) is 0 Å². The van der Waals surface area contributed by atoms with E-state index in [9.17, 15) is 26.4 Å². The van der Waals surface area contributed by atoms with Gasteiger partial charge in [0.05, 0.1) is 12.8 Å². The number of rotatable bonds is 2. The topological polar surface area (TPSA) is 66.9 Å². The molecule has 2 heterocycles. The van der Waals surface area contributed by atoms with Crippen LogP contribution in [0.2, 0.25) is 0 Å². The number of benzene rings is 1. The molecule has 1 spiro atoms. The van der Waals surface area contributed by atoms with Gasteiger partial charge in [0.2, 0.25) is 5.91 Å². The summed E-state index contributed by atoms with van der Waals surface area (Å²) in [5, 5.41) is 0. The van der Waals surface area contributed by atoms with E-state index in [2.05, 4.69) is 0 Å². The summed E-state index contributed by atoms with van der Waals surface area (Å²) in [7, 11) is -2.56. The SMILES string of the molecule is COc1ccc2c(c1)N(C)C(=O)C21C=CN(S(=O)(=O)C(F)(F)F)C=C1. The van der Waals surface area contributed by atoms with E-state index >= 15 is 0 Å². The molecule has 2 aliphatic heterocycles. The van der Waals surface area contributed by atoms with Gasteiger partial charge in [0.1, 0.15) is 11.2 Å². The fourth-order valence-corrected chi connectivity index (χ4v) is 3.54. The molecule has 1 aromatic carbocycles. The molecule has 0 saturated carbocycles. The highest BCUT2D eigenvalue weighted by Gasteiger charge is 2.52. The van der Waals surface area contributed by atoms with E-state index < -0.39 is 26.9 Å². The first kappa shape index (κ1) is 17.3. The second-order valence-electron chi connectivity index (χ2n) is 5.53. The van der Waals surface area contributed by atoms with Crippen molar-refractivity contribution < 1.29 is 31.1 Å². The number of nitrogens with zero attached hydrogens (tertiary/aromatic N) is 2. The fraction of sp³-hybridized carbons (Fsp3) is 0.267. The van der Waals surface area contributed by atoms with Crippen LogP contribution in [0, 0.1) is 0 Å². The van der Waals surface area contributed by atoms with Crippen LogP contribution in [-0.2, 0) is 20.2 Å². The quantitative estimate of drug-likeness (QED) is 0.795. The Morgan fingerprint density at radius 1 is 1.16 bits per heavy atom. The molecule has 0 saturated heterocycles. The second-order valence-corrected chi connectivity index (χ2v) is 7.36. The number of ether oxygens (including phenoxy) is 1. The minimum absolute atomic E-state index is 0.0487. The Bertz CT molecular complexity index is 892. The number of hydrogen-bond acceptors (Lipinski definition) is 4. The van der Waals surface area contributed by atoms with Crippen molar-refractivity contribution in [1.82, 2.24) is 4.31 Å². The lowest BCUT2D eigenvalue weighted by molar-refractivity contribution is -0.120. The normalized spacial score (nSPS) is 18.8. The summed E-state index contributed by atoms with van der Waals surface area (Å²) in [5.74, 6) is 0.104. The number of sulfonamides is 1. The van der Waals surface area contributed by atoms with Crippen molar-refractivity contribution in [3.05, 3.63) is 48.3 Å². The molecule has 0 unspecified atom stereocenters. The smallest absolute Gasteiger partial charge is 0.497 e. The summed E-state index contributed by atoms with van der Waals surface area (Å²) in [4.78, 5) is 14.0. The highest BCUT2D eigenvalue weighted by molar-refractivity contribution is 7.90. The van der Waals surface area contributed by atoms with Crippen LogP contribution in [0.15, 0.2) is 42.8 Å². The number of anilines is 1. The molecule has 0 atom stereocenters. The fourth-order valence-electron chi connectivity index (χ4n) is 2.86. The number of methoxy groups -OCH3 is 1. The molecule has 0 fully saturated rings. The number of fused-ring (bicyclic) bond motifs is 2. The molecule has 3 rings (SSSR count). The maximum absolute atomic E-state index is 12.7. The van der Waals surface area contributed by atoms with E-state index in [1.54, 1.807) is 18.2 Å². The number of carbonyl (C=O) groups excluding carboxylic acids is 1. The monoisotopic (exact) mass is 374 g/mol. The third kappa shape index (κ3) is 2.31. The zero-order valence-electron chi connectivity index (χ0n) is 13.1. The number of alkyl halides is 3. The van der Waals surface area contributed by atoms with Crippen molar-refractivity contribution in [2.75, 3.05) is 19.1 Å². The Morgan fingerprint density at radius 3 is 2.28 bits per heavy atom. The molecule has 0 N–H and O–H groups in total. The van der Waals surface area contributed by atoms with Crippen LogP contribution < -0.4 is 9.64 Å².